The van der Waals surface area contributed by atoms with Crippen molar-refractivity contribution in [2.45, 2.75) is 26.4 Å². The number of rotatable bonds is 6. The lowest BCUT2D eigenvalue weighted by Gasteiger charge is -2.27. The van der Waals surface area contributed by atoms with E-state index >= 15 is 0 Å². The van der Waals surface area contributed by atoms with Gasteiger partial charge in [0.25, 0.3) is 5.91 Å². The first kappa shape index (κ1) is 24.9. The maximum Gasteiger partial charge on any atom is 0.341 e. The first-order valence-corrected chi connectivity index (χ1v) is 12.3. The van der Waals surface area contributed by atoms with Crippen molar-refractivity contribution < 1.29 is 14.3 Å². The van der Waals surface area contributed by atoms with Crippen LogP contribution in [0.3, 0.4) is 0 Å². The van der Waals surface area contributed by atoms with Crippen LogP contribution in [-0.2, 0) is 24.2 Å². The highest BCUT2D eigenvalue weighted by Gasteiger charge is 2.30. The van der Waals surface area contributed by atoms with Crippen LogP contribution in [0, 0.1) is 0 Å². The van der Waals surface area contributed by atoms with Crippen LogP contribution in [0.4, 0.5) is 5.00 Å². The Labute approximate surface area is 215 Å². The van der Waals surface area contributed by atoms with E-state index in [4.69, 9.17) is 4.74 Å². The molecule has 0 saturated carbocycles. The average molecular weight is 507 g/mol. The Morgan fingerprint density at radius 1 is 1.00 bits per heavy atom. The lowest BCUT2D eigenvalue weighted by Crippen LogP contribution is -2.29. The minimum Gasteiger partial charge on any atom is -0.462 e. The molecule has 1 aliphatic rings. The van der Waals surface area contributed by atoms with E-state index < -0.39 is 0 Å². The van der Waals surface area contributed by atoms with E-state index in [1.54, 1.807) is 6.92 Å². The quantitative estimate of drug-likeness (QED) is 0.311. The molecule has 1 aliphatic heterocycles. The molecular weight excluding hydrogens is 480 g/mol. The molecule has 0 radical (unpaired) electrons. The number of nitrogens with one attached hydrogen (secondary N) is 1. The fraction of sp³-hybridized carbons (Fsp3) is 0.214. The summed E-state index contributed by atoms with van der Waals surface area (Å²) in [6.07, 6.45) is 0.747. The normalized spacial score (nSPS) is 13.1. The largest absolute Gasteiger partial charge is 0.462 e. The predicted octanol–water partition coefficient (Wildman–Crippen LogP) is 6.31. The van der Waals surface area contributed by atoms with Gasteiger partial charge in [-0.15, -0.1) is 23.7 Å². The van der Waals surface area contributed by atoms with E-state index in [0.717, 1.165) is 47.3 Å². The van der Waals surface area contributed by atoms with Gasteiger partial charge < -0.3 is 10.1 Å². The lowest BCUT2D eigenvalue weighted by atomic mass is 10.0. The van der Waals surface area contributed by atoms with Crippen molar-refractivity contribution in [2.75, 3.05) is 18.5 Å². The zero-order valence-electron chi connectivity index (χ0n) is 19.5. The summed E-state index contributed by atoms with van der Waals surface area (Å²) >= 11 is 1.48. The van der Waals surface area contributed by atoms with Gasteiger partial charge >= 0.3 is 5.97 Å². The van der Waals surface area contributed by atoms with E-state index in [1.807, 2.05) is 48.5 Å². The highest BCUT2D eigenvalue weighted by atomic mass is 35.5. The second-order valence-corrected chi connectivity index (χ2v) is 9.46. The molecule has 180 valence electrons. The Hall–Kier alpha value is -3.19. The number of esters is 1. The molecule has 5 nitrogen and oxygen atoms in total. The number of anilines is 1. The van der Waals surface area contributed by atoms with Crippen molar-refractivity contribution in [2.24, 2.45) is 0 Å². The van der Waals surface area contributed by atoms with Gasteiger partial charge in [0.05, 0.1) is 12.2 Å². The van der Waals surface area contributed by atoms with Crippen molar-refractivity contribution in [1.29, 1.82) is 0 Å². The summed E-state index contributed by atoms with van der Waals surface area (Å²) in [5, 5.41) is 5.50. The molecule has 35 heavy (non-hydrogen) atoms. The third-order valence-corrected chi connectivity index (χ3v) is 7.26. The summed E-state index contributed by atoms with van der Waals surface area (Å²) in [5.74, 6) is -0.591. The molecule has 0 atom stereocenters. The van der Waals surface area contributed by atoms with E-state index in [9.17, 15) is 9.59 Å². The van der Waals surface area contributed by atoms with Gasteiger partial charge in [-0.05, 0) is 41.3 Å². The molecule has 7 heteroatoms. The molecule has 0 bridgehead atoms. The van der Waals surface area contributed by atoms with Crippen LogP contribution in [0.5, 0.6) is 0 Å². The molecule has 3 aromatic carbocycles. The minimum absolute atomic E-state index is 0. The Morgan fingerprint density at radius 3 is 2.54 bits per heavy atom. The van der Waals surface area contributed by atoms with E-state index in [2.05, 4.69) is 34.5 Å². The third kappa shape index (κ3) is 5.25. The number of hydrogen-bond donors (Lipinski definition) is 1. The van der Waals surface area contributed by atoms with Crippen LogP contribution >= 0.6 is 23.7 Å². The fourth-order valence-corrected chi connectivity index (χ4v) is 5.81. The molecule has 4 aromatic rings. The molecule has 1 aromatic heterocycles. The van der Waals surface area contributed by atoms with Crippen LogP contribution in [0.15, 0.2) is 72.8 Å². The Bertz CT molecular complexity index is 1350. The summed E-state index contributed by atoms with van der Waals surface area (Å²) in [6.45, 7) is 4.53. The monoisotopic (exact) mass is 506 g/mol. The topological polar surface area (TPSA) is 58.6 Å². The maximum absolute atomic E-state index is 13.3. The SMILES string of the molecule is CCOC(=O)c1c(NC(=O)c2cccc3ccccc23)sc2c1CCN(Cc1ccccc1)C2.Cl. The van der Waals surface area contributed by atoms with Gasteiger partial charge in [-0.25, -0.2) is 4.79 Å². The molecule has 0 spiro atoms. The Balaban J connectivity index is 0.00000289. The van der Waals surface area contributed by atoms with E-state index in [-0.39, 0.29) is 24.3 Å². The highest BCUT2D eigenvalue weighted by molar-refractivity contribution is 7.17. The number of benzene rings is 3. The van der Waals surface area contributed by atoms with E-state index in [1.165, 1.54) is 16.9 Å². The maximum atomic E-state index is 13.3. The number of hydrogen-bond acceptors (Lipinski definition) is 5. The first-order valence-electron chi connectivity index (χ1n) is 11.5. The molecule has 2 heterocycles. The summed E-state index contributed by atoms with van der Waals surface area (Å²) in [5.41, 5.74) is 3.36. The zero-order valence-corrected chi connectivity index (χ0v) is 21.1. The van der Waals surface area contributed by atoms with Gasteiger partial charge in [0.15, 0.2) is 0 Å². The van der Waals surface area contributed by atoms with Gasteiger partial charge in [-0.3, -0.25) is 9.69 Å². The van der Waals surface area contributed by atoms with Crippen molar-refractivity contribution in [3.63, 3.8) is 0 Å². The molecule has 5 rings (SSSR count). The van der Waals surface area contributed by atoms with Gasteiger partial charge in [0.1, 0.15) is 5.00 Å². The number of thiophene rings is 1. The number of ether oxygens (including phenoxy) is 1. The summed E-state index contributed by atoms with van der Waals surface area (Å²) in [4.78, 5) is 29.7. The Kier molecular flexibility index (Phi) is 7.86. The molecule has 1 N–H and O–H groups in total. The van der Waals surface area contributed by atoms with Gasteiger partial charge in [0, 0.05) is 30.1 Å². The second-order valence-electron chi connectivity index (χ2n) is 8.36. The third-order valence-electron chi connectivity index (χ3n) is 6.13. The van der Waals surface area contributed by atoms with Gasteiger partial charge in [-0.2, -0.15) is 0 Å². The lowest BCUT2D eigenvalue weighted by molar-refractivity contribution is 0.0526. The summed E-state index contributed by atoms with van der Waals surface area (Å²) in [6, 6.07) is 23.9. The number of amides is 1. The van der Waals surface area contributed by atoms with Crippen molar-refractivity contribution in [1.82, 2.24) is 4.90 Å². The van der Waals surface area contributed by atoms with Crippen molar-refractivity contribution in [3.8, 4) is 0 Å². The first-order chi connectivity index (χ1) is 16.6. The van der Waals surface area contributed by atoms with Crippen LogP contribution in [0.2, 0.25) is 0 Å². The number of carbonyl (C=O) groups excluding carboxylic acids is 2. The molecule has 0 unspecified atom stereocenters. The highest BCUT2D eigenvalue weighted by Crippen LogP contribution is 2.38. The Morgan fingerprint density at radius 2 is 1.74 bits per heavy atom. The van der Waals surface area contributed by atoms with Crippen LogP contribution in [0.1, 0.15) is 43.6 Å². The molecule has 0 saturated heterocycles. The standard InChI is InChI=1S/C28H26N2O3S.ClH/c1-2-33-28(32)25-23-15-16-30(17-19-9-4-3-5-10-19)18-24(23)34-27(25)29-26(31)22-14-8-12-20-11-6-7-13-21(20)22;/h3-14H,2,15-18H2,1H3,(H,29,31);1H. The summed E-state index contributed by atoms with van der Waals surface area (Å²) < 4.78 is 5.38. The molecule has 0 aliphatic carbocycles. The van der Waals surface area contributed by atoms with Gasteiger partial charge in [-0.1, -0.05) is 66.7 Å². The minimum atomic E-state index is -0.371. The number of fused-ring (bicyclic) bond motifs is 2. The molecule has 0 fully saturated rings. The average Bonchev–Trinajstić information content (AvgIpc) is 3.21. The van der Waals surface area contributed by atoms with E-state index in [0.29, 0.717) is 22.7 Å². The van der Waals surface area contributed by atoms with Gasteiger partial charge in [0.2, 0.25) is 0 Å². The van der Waals surface area contributed by atoms with Crippen molar-refractivity contribution in [3.05, 3.63) is 99.9 Å². The van der Waals surface area contributed by atoms with Crippen LogP contribution < -0.4 is 5.32 Å². The van der Waals surface area contributed by atoms with Crippen LogP contribution in [-0.4, -0.2) is 29.9 Å². The number of halogens is 1. The number of carbonyl (C=O) groups is 2. The second kappa shape index (κ2) is 11.0. The fourth-order valence-electron chi connectivity index (χ4n) is 4.53. The smallest absolute Gasteiger partial charge is 0.341 e. The number of nitrogens with zero attached hydrogens (tertiary/aromatic N) is 1. The van der Waals surface area contributed by atoms with Crippen molar-refractivity contribution >= 4 is 51.4 Å². The summed E-state index contributed by atoms with van der Waals surface area (Å²) in [7, 11) is 0. The predicted molar refractivity (Wildman–Crippen MR) is 144 cm³/mol. The zero-order chi connectivity index (χ0) is 23.5. The molecule has 1 amide bonds. The van der Waals surface area contributed by atoms with Crippen LogP contribution in [0.25, 0.3) is 10.8 Å². The molecular formula is C28H27ClN2O3S.